The molecule has 1 amide bonds. The Morgan fingerprint density at radius 1 is 1.25 bits per heavy atom. The average molecular weight is 271 g/mol. The number of nitrogens with zero attached hydrogens (tertiary/aromatic N) is 1. The lowest BCUT2D eigenvalue weighted by molar-refractivity contribution is -0.114. The fourth-order valence-corrected chi connectivity index (χ4v) is 1.95. The predicted molar refractivity (Wildman–Crippen MR) is 80.1 cm³/mol. The van der Waals surface area contributed by atoms with Crippen molar-refractivity contribution in [3.05, 3.63) is 36.5 Å². The molecule has 0 fully saturated rings. The number of pyridine rings is 1. The van der Waals surface area contributed by atoms with Gasteiger partial charge in [-0.15, -0.1) is 0 Å². The van der Waals surface area contributed by atoms with E-state index in [0.29, 0.717) is 0 Å². The van der Waals surface area contributed by atoms with Crippen molar-refractivity contribution in [2.45, 2.75) is 6.92 Å². The van der Waals surface area contributed by atoms with E-state index >= 15 is 0 Å². The maximum absolute atomic E-state index is 11.2. The molecule has 104 valence electrons. The Hall–Kier alpha value is -2.56. The minimum Gasteiger partial charge on any atom is -0.496 e. The molecule has 5 nitrogen and oxygen atoms in total. The lowest BCUT2D eigenvalue weighted by atomic mass is 10.0. The zero-order valence-electron chi connectivity index (χ0n) is 11.7. The van der Waals surface area contributed by atoms with Crippen LogP contribution in [-0.2, 0) is 4.79 Å². The van der Waals surface area contributed by atoms with Crippen molar-refractivity contribution in [2.24, 2.45) is 0 Å². The van der Waals surface area contributed by atoms with Crippen molar-refractivity contribution in [2.75, 3.05) is 24.8 Å². The van der Waals surface area contributed by atoms with Crippen LogP contribution in [0.5, 0.6) is 5.75 Å². The van der Waals surface area contributed by atoms with E-state index < -0.39 is 0 Å². The number of ether oxygens (including phenoxy) is 1. The van der Waals surface area contributed by atoms with E-state index in [-0.39, 0.29) is 5.91 Å². The largest absolute Gasteiger partial charge is 0.496 e. The third-order valence-electron chi connectivity index (χ3n) is 2.85. The Kier molecular flexibility index (Phi) is 4.20. The highest BCUT2D eigenvalue weighted by molar-refractivity contribution is 5.90. The quantitative estimate of drug-likeness (QED) is 0.897. The molecule has 5 heteroatoms. The summed E-state index contributed by atoms with van der Waals surface area (Å²) in [7, 11) is 3.44. The van der Waals surface area contributed by atoms with E-state index in [1.54, 1.807) is 13.3 Å². The van der Waals surface area contributed by atoms with Crippen LogP contribution in [0.15, 0.2) is 36.5 Å². The summed E-state index contributed by atoms with van der Waals surface area (Å²) in [6, 6.07) is 9.35. The molecule has 0 unspecified atom stereocenters. The molecule has 0 spiro atoms. The molecule has 0 saturated heterocycles. The summed E-state index contributed by atoms with van der Waals surface area (Å²) in [6.45, 7) is 1.48. The molecule has 1 aromatic heterocycles. The molecule has 0 atom stereocenters. The van der Waals surface area contributed by atoms with Crippen molar-refractivity contribution in [3.63, 3.8) is 0 Å². The molecular formula is C15H17N3O2. The van der Waals surface area contributed by atoms with Crippen LogP contribution >= 0.6 is 0 Å². The van der Waals surface area contributed by atoms with Crippen molar-refractivity contribution < 1.29 is 9.53 Å². The molecule has 20 heavy (non-hydrogen) atoms. The van der Waals surface area contributed by atoms with Crippen LogP contribution < -0.4 is 15.4 Å². The van der Waals surface area contributed by atoms with Gasteiger partial charge in [0, 0.05) is 31.4 Å². The maximum atomic E-state index is 11.2. The molecular weight excluding hydrogens is 254 g/mol. The molecule has 1 heterocycles. The number of benzene rings is 1. The van der Waals surface area contributed by atoms with E-state index in [9.17, 15) is 4.79 Å². The Bertz CT molecular complexity index is 626. The van der Waals surface area contributed by atoms with Crippen LogP contribution in [0.4, 0.5) is 11.5 Å². The summed E-state index contributed by atoms with van der Waals surface area (Å²) in [6.07, 6.45) is 1.73. The molecule has 0 saturated carbocycles. The topological polar surface area (TPSA) is 63.2 Å². The highest BCUT2D eigenvalue weighted by Gasteiger charge is 2.08. The third kappa shape index (κ3) is 3.06. The van der Waals surface area contributed by atoms with E-state index in [1.807, 2.05) is 37.4 Å². The minimum absolute atomic E-state index is 0.105. The van der Waals surface area contributed by atoms with Crippen LogP contribution in [0.3, 0.4) is 0 Å². The number of rotatable bonds is 4. The fourth-order valence-electron chi connectivity index (χ4n) is 1.95. The maximum Gasteiger partial charge on any atom is 0.221 e. The number of amides is 1. The van der Waals surface area contributed by atoms with Crippen molar-refractivity contribution in [1.29, 1.82) is 0 Å². The highest BCUT2D eigenvalue weighted by atomic mass is 16.5. The number of methoxy groups -OCH3 is 1. The van der Waals surface area contributed by atoms with Crippen LogP contribution in [-0.4, -0.2) is 25.0 Å². The molecule has 0 aliphatic heterocycles. The van der Waals surface area contributed by atoms with Crippen molar-refractivity contribution >= 4 is 17.4 Å². The smallest absolute Gasteiger partial charge is 0.221 e. The SMILES string of the molecule is CNc1cc(-c2cc(NC(C)=O)ccc2OC)ccn1. The Morgan fingerprint density at radius 2 is 2.05 bits per heavy atom. The standard InChI is InChI=1S/C15H17N3O2/c1-10(19)18-12-4-5-14(20-3)13(9-12)11-6-7-17-15(8-11)16-2/h4-9H,1-3H3,(H,16,17)(H,18,19). The van der Waals surface area contributed by atoms with Crippen molar-refractivity contribution in [1.82, 2.24) is 4.98 Å². The summed E-state index contributed by atoms with van der Waals surface area (Å²) >= 11 is 0. The monoisotopic (exact) mass is 271 g/mol. The number of nitrogens with one attached hydrogen (secondary N) is 2. The molecule has 1 aromatic carbocycles. The summed E-state index contributed by atoms with van der Waals surface area (Å²) in [5.41, 5.74) is 2.60. The Morgan fingerprint density at radius 3 is 2.70 bits per heavy atom. The lowest BCUT2D eigenvalue weighted by Gasteiger charge is -2.12. The fraction of sp³-hybridized carbons (Fsp3) is 0.200. The molecule has 0 aliphatic rings. The zero-order valence-corrected chi connectivity index (χ0v) is 11.7. The number of anilines is 2. The number of hydrogen-bond acceptors (Lipinski definition) is 4. The first kappa shape index (κ1) is 13.9. The van der Waals surface area contributed by atoms with Gasteiger partial charge in [-0.2, -0.15) is 0 Å². The van der Waals surface area contributed by atoms with Gasteiger partial charge in [-0.1, -0.05) is 0 Å². The molecule has 0 bridgehead atoms. The van der Waals surface area contributed by atoms with Gasteiger partial charge in [0.2, 0.25) is 5.91 Å². The number of aromatic nitrogens is 1. The third-order valence-corrected chi connectivity index (χ3v) is 2.85. The van der Waals surface area contributed by atoms with E-state index in [1.165, 1.54) is 6.92 Å². The second-order valence-corrected chi connectivity index (χ2v) is 4.28. The number of carbonyl (C=O) groups excluding carboxylic acids is 1. The van der Waals surface area contributed by atoms with E-state index in [0.717, 1.165) is 28.4 Å². The second-order valence-electron chi connectivity index (χ2n) is 4.28. The first-order valence-electron chi connectivity index (χ1n) is 6.24. The van der Waals surface area contributed by atoms with Crippen LogP contribution in [0.1, 0.15) is 6.92 Å². The minimum atomic E-state index is -0.105. The highest BCUT2D eigenvalue weighted by Crippen LogP contribution is 2.33. The van der Waals surface area contributed by atoms with Gasteiger partial charge in [0.25, 0.3) is 0 Å². The van der Waals surface area contributed by atoms with Crippen molar-refractivity contribution in [3.8, 4) is 16.9 Å². The number of hydrogen-bond donors (Lipinski definition) is 2. The van der Waals surface area contributed by atoms with Gasteiger partial charge in [-0.25, -0.2) is 4.98 Å². The first-order chi connectivity index (χ1) is 9.63. The molecule has 0 radical (unpaired) electrons. The summed E-state index contributed by atoms with van der Waals surface area (Å²) in [5, 5.41) is 5.77. The Balaban J connectivity index is 2.48. The van der Waals surface area contributed by atoms with Gasteiger partial charge in [0.15, 0.2) is 0 Å². The lowest BCUT2D eigenvalue weighted by Crippen LogP contribution is -2.05. The summed E-state index contributed by atoms with van der Waals surface area (Å²) in [5.74, 6) is 1.41. The molecule has 2 rings (SSSR count). The van der Waals surface area contributed by atoms with Gasteiger partial charge in [0.05, 0.1) is 7.11 Å². The summed E-state index contributed by atoms with van der Waals surface area (Å²) in [4.78, 5) is 15.3. The number of carbonyl (C=O) groups is 1. The van der Waals surface area contributed by atoms with Gasteiger partial charge < -0.3 is 15.4 Å². The van der Waals surface area contributed by atoms with Crippen LogP contribution in [0.2, 0.25) is 0 Å². The Labute approximate surface area is 118 Å². The molecule has 2 N–H and O–H groups in total. The zero-order chi connectivity index (χ0) is 14.5. The van der Waals surface area contributed by atoms with Crippen LogP contribution in [0, 0.1) is 0 Å². The van der Waals surface area contributed by atoms with Gasteiger partial charge in [0.1, 0.15) is 11.6 Å². The molecule has 0 aliphatic carbocycles. The normalized spacial score (nSPS) is 9.95. The van der Waals surface area contributed by atoms with Crippen LogP contribution in [0.25, 0.3) is 11.1 Å². The first-order valence-corrected chi connectivity index (χ1v) is 6.24. The van der Waals surface area contributed by atoms with Gasteiger partial charge >= 0.3 is 0 Å². The van der Waals surface area contributed by atoms with E-state index in [2.05, 4.69) is 15.6 Å². The van der Waals surface area contributed by atoms with Gasteiger partial charge in [-0.3, -0.25) is 4.79 Å². The second kappa shape index (κ2) is 6.06. The average Bonchev–Trinajstić information content (AvgIpc) is 2.46. The van der Waals surface area contributed by atoms with Gasteiger partial charge in [-0.05, 0) is 35.9 Å². The summed E-state index contributed by atoms with van der Waals surface area (Å²) < 4.78 is 5.38. The predicted octanol–water partition coefficient (Wildman–Crippen LogP) is 2.76. The van der Waals surface area contributed by atoms with E-state index in [4.69, 9.17) is 4.74 Å². The molecule has 2 aromatic rings.